The Balaban J connectivity index is 2.79. The number of carbonyl (C=O) groups is 1. The van der Waals surface area contributed by atoms with Gasteiger partial charge in [-0.1, -0.05) is 0 Å². The van der Waals surface area contributed by atoms with Crippen LogP contribution in [0.2, 0.25) is 0 Å². The van der Waals surface area contributed by atoms with Gasteiger partial charge in [-0.2, -0.15) is 27.1 Å². The molecule has 0 N–H and O–H groups in total. The smallest absolute Gasteiger partial charge is 0.336 e. The molecule has 102 valence electrons. The second-order valence-electron chi connectivity index (χ2n) is 3.76. The Bertz CT molecular complexity index is 440. The molecule has 1 amide bonds. The van der Waals surface area contributed by atoms with Crippen molar-refractivity contribution in [3.8, 4) is 0 Å². The van der Waals surface area contributed by atoms with Crippen molar-refractivity contribution in [2.24, 2.45) is 7.05 Å². The second kappa shape index (κ2) is 4.54. The quantitative estimate of drug-likeness (QED) is 0.783. The van der Waals surface area contributed by atoms with Crippen LogP contribution in [0.1, 0.15) is 5.56 Å². The Morgan fingerprint density at radius 1 is 1.39 bits per heavy atom. The normalized spacial score (nSPS) is 12.6. The van der Waals surface area contributed by atoms with Gasteiger partial charge in [-0.05, 0) is 0 Å². The standard InChI is InChI=1S/C9H10F5N3O/c1-16(4-6-3-15-17(2)5-6)7(18)8(10,11)9(12,13)14/h3,5H,4H2,1-2H3. The first-order valence-electron chi connectivity index (χ1n) is 4.73. The number of halogens is 5. The van der Waals surface area contributed by atoms with E-state index in [2.05, 4.69) is 5.10 Å². The highest BCUT2D eigenvalue weighted by atomic mass is 19.4. The molecule has 0 saturated heterocycles. The highest BCUT2D eigenvalue weighted by Crippen LogP contribution is 2.36. The molecule has 0 bridgehead atoms. The van der Waals surface area contributed by atoms with Gasteiger partial charge in [0.25, 0.3) is 0 Å². The maximum absolute atomic E-state index is 12.7. The van der Waals surface area contributed by atoms with Crippen LogP contribution in [0.3, 0.4) is 0 Å². The molecule has 0 unspecified atom stereocenters. The molecule has 18 heavy (non-hydrogen) atoms. The highest BCUT2D eigenvalue weighted by molar-refractivity contribution is 5.84. The van der Waals surface area contributed by atoms with Crippen molar-refractivity contribution in [3.63, 3.8) is 0 Å². The Kier molecular flexibility index (Phi) is 3.63. The molecule has 1 heterocycles. The van der Waals surface area contributed by atoms with Crippen molar-refractivity contribution >= 4 is 5.91 Å². The van der Waals surface area contributed by atoms with E-state index in [0.29, 0.717) is 10.5 Å². The van der Waals surface area contributed by atoms with E-state index < -0.39 is 18.0 Å². The highest BCUT2D eigenvalue weighted by Gasteiger charge is 2.64. The number of alkyl halides is 5. The molecule has 1 aromatic rings. The number of rotatable bonds is 3. The molecule has 0 aromatic carbocycles. The number of nitrogens with zero attached hydrogens (tertiary/aromatic N) is 3. The van der Waals surface area contributed by atoms with Gasteiger partial charge in [0.2, 0.25) is 0 Å². The topological polar surface area (TPSA) is 38.1 Å². The van der Waals surface area contributed by atoms with Gasteiger partial charge in [0.05, 0.1) is 6.20 Å². The van der Waals surface area contributed by atoms with Crippen molar-refractivity contribution in [1.29, 1.82) is 0 Å². The van der Waals surface area contributed by atoms with E-state index >= 15 is 0 Å². The first kappa shape index (κ1) is 14.4. The lowest BCUT2D eigenvalue weighted by Gasteiger charge is -2.24. The van der Waals surface area contributed by atoms with E-state index in [-0.39, 0.29) is 6.54 Å². The van der Waals surface area contributed by atoms with Gasteiger partial charge >= 0.3 is 18.0 Å². The van der Waals surface area contributed by atoms with Crippen LogP contribution in [0.5, 0.6) is 0 Å². The van der Waals surface area contributed by atoms with Gasteiger partial charge in [0.1, 0.15) is 0 Å². The van der Waals surface area contributed by atoms with E-state index in [4.69, 9.17) is 0 Å². The van der Waals surface area contributed by atoms with Crippen molar-refractivity contribution in [2.75, 3.05) is 7.05 Å². The number of hydrogen-bond donors (Lipinski definition) is 0. The molecule has 0 fully saturated rings. The summed E-state index contributed by atoms with van der Waals surface area (Å²) in [7, 11) is 2.42. The summed E-state index contributed by atoms with van der Waals surface area (Å²) in [5.74, 6) is -7.68. The number of aromatic nitrogens is 2. The van der Waals surface area contributed by atoms with Gasteiger partial charge in [-0.3, -0.25) is 9.48 Å². The van der Waals surface area contributed by atoms with E-state index in [1.54, 1.807) is 7.05 Å². The van der Waals surface area contributed by atoms with Crippen LogP contribution >= 0.6 is 0 Å². The van der Waals surface area contributed by atoms with Gasteiger partial charge in [-0.15, -0.1) is 0 Å². The fraction of sp³-hybridized carbons (Fsp3) is 0.556. The van der Waals surface area contributed by atoms with Crippen LogP contribution in [-0.2, 0) is 18.4 Å². The summed E-state index contributed by atoms with van der Waals surface area (Å²) < 4.78 is 62.8. The molecule has 0 aliphatic carbocycles. The fourth-order valence-electron chi connectivity index (χ4n) is 1.26. The molecular weight excluding hydrogens is 261 g/mol. The van der Waals surface area contributed by atoms with E-state index in [9.17, 15) is 26.7 Å². The molecule has 9 heteroatoms. The van der Waals surface area contributed by atoms with Crippen LogP contribution < -0.4 is 0 Å². The lowest BCUT2D eigenvalue weighted by molar-refractivity contribution is -0.274. The molecule has 0 saturated carbocycles. The van der Waals surface area contributed by atoms with Crippen LogP contribution in [0.4, 0.5) is 22.0 Å². The summed E-state index contributed by atoms with van der Waals surface area (Å²) in [5.41, 5.74) is 0.353. The van der Waals surface area contributed by atoms with Crippen LogP contribution in [0, 0.1) is 0 Å². The van der Waals surface area contributed by atoms with Gasteiger partial charge in [0.15, 0.2) is 0 Å². The third-order valence-electron chi connectivity index (χ3n) is 2.15. The third-order valence-corrected chi connectivity index (χ3v) is 2.15. The third kappa shape index (κ3) is 2.77. The van der Waals surface area contributed by atoms with Crippen LogP contribution in [-0.4, -0.2) is 39.7 Å². The van der Waals surface area contributed by atoms with Crippen molar-refractivity contribution < 1.29 is 26.7 Å². The fourth-order valence-corrected chi connectivity index (χ4v) is 1.26. The average Bonchev–Trinajstić information content (AvgIpc) is 2.61. The maximum atomic E-state index is 12.7. The lowest BCUT2D eigenvalue weighted by atomic mass is 10.2. The van der Waals surface area contributed by atoms with Gasteiger partial charge in [-0.25, -0.2) is 0 Å². The monoisotopic (exact) mass is 271 g/mol. The molecule has 1 rings (SSSR count). The summed E-state index contributed by atoms with van der Waals surface area (Å²) in [4.78, 5) is 11.4. The zero-order valence-electron chi connectivity index (χ0n) is 9.50. The zero-order valence-corrected chi connectivity index (χ0v) is 9.50. The molecule has 1 aromatic heterocycles. The van der Waals surface area contributed by atoms with Gasteiger partial charge < -0.3 is 4.90 Å². The van der Waals surface area contributed by atoms with E-state index in [1.165, 1.54) is 17.1 Å². The Hall–Kier alpha value is -1.67. The molecule has 0 atom stereocenters. The summed E-state index contributed by atoms with van der Waals surface area (Å²) in [6.07, 6.45) is -3.21. The number of carbonyl (C=O) groups excluding carboxylic acids is 1. The van der Waals surface area contributed by atoms with Crippen molar-refractivity contribution in [3.05, 3.63) is 18.0 Å². The van der Waals surface area contributed by atoms with Crippen LogP contribution in [0.15, 0.2) is 12.4 Å². The summed E-state index contributed by atoms with van der Waals surface area (Å²) >= 11 is 0. The zero-order chi connectivity index (χ0) is 14.1. The maximum Gasteiger partial charge on any atom is 0.463 e. The minimum absolute atomic E-state index is 0.310. The SMILES string of the molecule is CN(Cc1cnn(C)c1)C(=O)C(F)(F)C(F)(F)F. The van der Waals surface area contributed by atoms with Crippen molar-refractivity contribution in [1.82, 2.24) is 14.7 Å². The number of hydrogen-bond acceptors (Lipinski definition) is 2. The Morgan fingerprint density at radius 3 is 2.33 bits per heavy atom. The minimum Gasteiger partial charge on any atom is -0.336 e. The summed E-state index contributed by atoms with van der Waals surface area (Å²) in [6.45, 7) is -0.377. The Labute approximate surface area is 99.0 Å². The summed E-state index contributed by atoms with van der Waals surface area (Å²) in [6, 6.07) is 0. The largest absolute Gasteiger partial charge is 0.463 e. The average molecular weight is 271 g/mol. The van der Waals surface area contributed by atoms with Crippen LogP contribution in [0.25, 0.3) is 0 Å². The van der Waals surface area contributed by atoms with E-state index in [1.807, 2.05) is 0 Å². The predicted octanol–water partition coefficient (Wildman–Crippen LogP) is 1.58. The summed E-state index contributed by atoms with van der Waals surface area (Å²) in [5, 5.41) is 3.71. The molecule has 0 aliphatic rings. The van der Waals surface area contributed by atoms with Gasteiger partial charge in [0, 0.05) is 32.4 Å². The first-order valence-corrected chi connectivity index (χ1v) is 4.73. The number of amides is 1. The Morgan fingerprint density at radius 2 is 1.94 bits per heavy atom. The molecule has 0 aliphatic heterocycles. The number of aryl methyl sites for hydroxylation is 1. The molecule has 0 spiro atoms. The second-order valence-corrected chi connectivity index (χ2v) is 3.76. The first-order chi connectivity index (χ1) is 8.05. The molecule has 4 nitrogen and oxygen atoms in total. The van der Waals surface area contributed by atoms with E-state index in [0.717, 1.165) is 7.05 Å². The predicted molar refractivity (Wildman–Crippen MR) is 50.7 cm³/mol. The molecule has 0 radical (unpaired) electrons. The molecular formula is C9H10F5N3O. The lowest BCUT2D eigenvalue weighted by Crippen LogP contribution is -2.50. The van der Waals surface area contributed by atoms with Crippen molar-refractivity contribution in [2.45, 2.75) is 18.6 Å². The minimum atomic E-state index is -5.90.